The van der Waals surface area contributed by atoms with Gasteiger partial charge in [0.25, 0.3) is 0 Å². The van der Waals surface area contributed by atoms with Gasteiger partial charge in [-0.3, -0.25) is 9.59 Å². The minimum absolute atomic E-state index is 0.0470. The van der Waals surface area contributed by atoms with E-state index in [1.807, 2.05) is 24.3 Å². The zero-order valence-electron chi connectivity index (χ0n) is 12.2. The molecule has 0 saturated carbocycles. The summed E-state index contributed by atoms with van der Waals surface area (Å²) >= 11 is 3.37. The van der Waals surface area contributed by atoms with Gasteiger partial charge in [0.15, 0.2) is 5.78 Å². The molecule has 0 saturated heterocycles. The van der Waals surface area contributed by atoms with E-state index < -0.39 is 0 Å². The monoisotopic (exact) mass is 357 g/mol. The van der Waals surface area contributed by atoms with Crippen LogP contribution in [0.15, 0.2) is 59.1 Å². The fraction of sp³-hybridized carbons (Fsp3) is 0.111. The number of benzene rings is 2. The zero-order valence-corrected chi connectivity index (χ0v) is 13.8. The van der Waals surface area contributed by atoms with Crippen LogP contribution in [0.5, 0.6) is 0 Å². The highest BCUT2D eigenvalue weighted by Crippen LogP contribution is 2.13. The first-order valence-electron chi connectivity index (χ1n) is 6.96. The highest BCUT2D eigenvalue weighted by Gasteiger charge is 2.03. The van der Waals surface area contributed by atoms with E-state index in [0.717, 1.165) is 10.0 Å². The third kappa shape index (κ3) is 4.67. The molecular weight excluding hydrogens is 342 g/mol. The second kappa shape index (κ2) is 7.71. The molecule has 2 aromatic carbocycles. The molecule has 0 unspecified atom stereocenters. The summed E-state index contributed by atoms with van der Waals surface area (Å²) in [7, 11) is 0. The van der Waals surface area contributed by atoms with Crippen molar-refractivity contribution in [3.05, 3.63) is 70.2 Å². The molecule has 1 N–H and O–H groups in total. The second-order valence-corrected chi connectivity index (χ2v) is 5.64. The Balaban J connectivity index is 2.03. The Labute approximate surface area is 138 Å². The van der Waals surface area contributed by atoms with Gasteiger partial charge in [-0.05, 0) is 48.0 Å². The maximum Gasteiger partial charge on any atom is 0.224 e. The zero-order chi connectivity index (χ0) is 15.9. The molecule has 0 aromatic heterocycles. The van der Waals surface area contributed by atoms with Crippen molar-refractivity contribution in [2.24, 2.45) is 0 Å². The maximum absolute atomic E-state index is 12.1. The lowest BCUT2D eigenvalue weighted by atomic mass is 10.1. The summed E-state index contributed by atoms with van der Waals surface area (Å²) in [5.74, 6) is -0.120. The molecule has 112 valence electrons. The van der Waals surface area contributed by atoms with Crippen LogP contribution in [0.1, 0.15) is 29.3 Å². The van der Waals surface area contributed by atoms with E-state index in [9.17, 15) is 9.59 Å². The highest BCUT2D eigenvalue weighted by atomic mass is 79.9. The summed E-state index contributed by atoms with van der Waals surface area (Å²) in [6, 6.07) is 14.6. The van der Waals surface area contributed by atoms with Crippen LogP contribution >= 0.6 is 15.9 Å². The predicted molar refractivity (Wildman–Crippen MR) is 92.9 cm³/mol. The molecule has 22 heavy (non-hydrogen) atoms. The highest BCUT2D eigenvalue weighted by molar-refractivity contribution is 9.10. The topological polar surface area (TPSA) is 46.2 Å². The summed E-state index contributed by atoms with van der Waals surface area (Å²) in [4.78, 5) is 23.4. The SMILES string of the molecule is CCC(=O)Nc1ccc(C(=O)/C=C/c2ccc(Br)cc2)cc1. The molecule has 2 rings (SSSR count). The fourth-order valence-electron chi connectivity index (χ4n) is 1.81. The van der Waals surface area contributed by atoms with E-state index in [4.69, 9.17) is 0 Å². The molecule has 0 fully saturated rings. The number of anilines is 1. The van der Waals surface area contributed by atoms with Crippen molar-refractivity contribution in [3.8, 4) is 0 Å². The first-order chi connectivity index (χ1) is 10.6. The third-order valence-electron chi connectivity index (χ3n) is 3.07. The lowest BCUT2D eigenvalue weighted by Gasteiger charge is -2.03. The first kappa shape index (κ1) is 16.2. The van der Waals surface area contributed by atoms with E-state index >= 15 is 0 Å². The van der Waals surface area contributed by atoms with Crippen LogP contribution in [-0.4, -0.2) is 11.7 Å². The van der Waals surface area contributed by atoms with Crippen LogP contribution in [0.25, 0.3) is 6.08 Å². The number of allylic oxidation sites excluding steroid dienone is 1. The molecule has 1 amide bonds. The number of ketones is 1. The molecule has 0 bridgehead atoms. The van der Waals surface area contributed by atoms with Gasteiger partial charge in [0.05, 0.1) is 0 Å². The number of amides is 1. The number of hydrogen-bond donors (Lipinski definition) is 1. The van der Waals surface area contributed by atoms with Gasteiger partial charge >= 0.3 is 0 Å². The summed E-state index contributed by atoms with van der Waals surface area (Å²) in [6.07, 6.45) is 3.75. The molecule has 4 heteroatoms. The van der Waals surface area contributed by atoms with Crippen LogP contribution in [0.4, 0.5) is 5.69 Å². The summed E-state index contributed by atoms with van der Waals surface area (Å²) < 4.78 is 1.00. The number of carbonyl (C=O) groups excluding carboxylic acids is 2. The molecule has 0 aliphatic carbocycles. The van der Waals surface area contributed by atoms with E-state index in [-0.39, 0.29) is 11.7 Å². The van der Waals surface area contributed by atoms with Gasteiger partial charge in [-0.1, -0.05) is 41.1 Å². The van der Waals surface area contributed by atoms with Crippen LogP contribution < -0.4 is 5.32 Å². The lowest BCUT2D eigenvalue weighted by molar-refractivity contribution is -0.115. The lowest BCUT2D eigenvalue weighted by Crippen LogP contribution is -2.09. The predicted octanol–water partition coefficient (Wildman–Crippen LogP) is 4.69. The average molecular weight is 358 g/mol. The van der Waals surface area contributed by atoms with E-state index in [1.54, 1.807) is 43.3 Å². The van der Waals surface area contributed by atoms with Crippen LogP contribution in [0, 0.1) is 0 Å². The van der Waals surface area contributed by atoms with Gasteiger partial charge in [0.2, 0.25) is 5.91 Å². The Morgan fingerprint density at radius 2 is 1.68 bits per heavy atom. The fourth-order valence-corrected chi connectivity index (χ4v) is 2.07. The molecule has 0 aliphatic rings. The molecule has 0 spiro atoms. The van der Waals surface area contributed by atoms with Crippen molar-refractivity contribution in [2.45, 2.75) is 13.3 Å². The van der Waals surface area contributed by atoms with Gasteiger partial charge in [0, 0.05) is 22.1 Å². The molecular formula is C18H16BrNO2. The van der Waals surface area contributed by atoms with Crippen LogP contribution in [0.3, 0.4) is 0 Å². The average Bonchev–Trinajstić information content (AvgIpc) is 2.54. The van der Waals surface area contributed by atoms with Crippen molar-refractivity contribution in [2.75, 3.05) is 5.32 Å². The van der Waals surface area contributed by atoms with Gasteiger partial charge in [0.1, 0.15) is 0 Å². The quantitative estimate of drug-likeness (QED) is 0.622. The van der Waals surface area contributed by atoms with Crippen LogP contribution in [0.2, 0.25) is 0 Å². The van der Waals surface area contributed by atoms with Crippen molar-refractivity contribution < 1.29 is 9.59 Å². The van der Waals surface area contributed by atoms with Crippen molar-refractivity contribution in [3.63, 3.8) is 0 Å². The minimum atomic E-state index is -0.0729. The molecule has 2 aromatic rings. The van der Waals surface area contributed by atoms with Crippen molar-refractivity contribution in [1.29, 1.82) is 0 Å². The summed E-state index contributed by atoms with van der Waals surface area (Å²) in [5, 5.41) is 2.75. The molecule has 0 radical (unpaired) electrons. The number of halogens is 1. The third-order valence-corrected chi connectivity index (χ3v) is 3.60. The second-order valence-electron chi connectivity index (χ2n) is 4.73. The Kier molecular flexibility index (Phi) is 5.67. The van der Waals surface area contributed by atoms with Gasteiger partial charge < -0.3 is 5.32 Å². The van der Waals surface area contributed by atoms with E-state index in [1.165, 1.54) is 0 Å². The maximum atomic E-state index is 12.1. The van der Waals surface area contributed by atoms with Gasteiger partial charge in [-0.15, -0.1) is 0 Å². The van der Waals surface area contributed by atoms with E-state index in [2.05, 4.69) is 21.2 Å². The Morgan fingerprint density at radius 1 is 1.05 bits per heavy atom. The molecule has 0 aliphatic heterocycles. The number of rotatable bonds is 5. The minimum Gasteiger partial charge on any atom is -0.326 e. The van der Waals surface area contributed by atoms with Crippen molar-refractivity contribution >= 4 is 39.4 Å². The molecule has 0 atom stereocenters. The van der Waals surface area contributed by atoms with Crippen LogP contribution in [-0.2, 0) is 4.79 Å². The summed E-state index contributed by atoms with van der Waals surface area (Å²) in [5.41, 5.74) is 2.24. The number of nitrogens with one attached hydrogen (secondary N) is 1. The number of carbonyl (C=O) groups is 2. The smallest absolute Gasteiger partial charge is 0.224 e. The normalized spacial score (nSPS) is 10.6. The Hall–Kier alpha value is -2.20. The summed E-state index contributed by atoms with van der Waals surface area (Å²) in [6.45, 7) is 1.79. The molecule has 0 heterocycles. The molecule has 3 nitrogen and oxygen atoms in total. The largest absolute Gasteiger partial charge is 0.326 e. The Morgan fingerprint density at radius 3 is 2.27 bits per heavy atom. The number of hydrogen-bond acceptors (Lipinski definition) is 2. The van der Waals surface area contributed by atoms with Crippen molar-refractivity contribution in [1.82, 2.24) is 0 Å². The van der Waals surface area contributed by atoms with E-state index in [0.29, 0.717) is 17.7 Å². The standard InChI is InChI=1S/C18H16BrNO2/c1-2-18(22)20-16-10-6-14(7-11-16)17(21)12-5-13-3-8-15(19)9-4-13/h3-12H,2H2,1H3,(H,20,22)/b12-5+. The van der Waals surface area contributed by atoms with Gasteiger partial charge in [-0.2, -0.15) is 0 Å². The Bertz CT molecular complexity index is 688. The first-order valence-corrected chi connectivity index (χ1v) is 7.75. The van der Waals surface area contributed by atoms with Gasteiger partial charge in [-0.25, -0.2) is 0 Å².